The third-order valence-electron chi connectivity index (χ3n) is 4.13. The molecule has 122 valence electrons. The van der Waals surface area contributed by atoms with E-state index in [0.29, 0.717) is 14.3 Å². The molecule has 1 unspecified atom stereocenters. The summed E-state index contributed by atoms with van der Waals surface area (Å²) in [5.41, 5.74) is 3.79. The zero-order chi connectivity index (χ0) is 16.9. The molecule has 0 aromatic heterocycles. The molecule has 3 rings (SSSR count). The molecule has 0 amide bonds. The Balaban J connectivity index is 1.89. The summed E-state index contributed by atoms with van der Waals surface area (Å²) < 4.78 is 0. The fourth-order valence-electron chi connectivity index (χ4n) is 2.78. The third kappa shape index (κ3) is 3.77. The quantitative estimate of drug-likeness (QED) is 0.713. The Kier molecular flexibility index (Phi) is 5.17. The van der Waals surface area contributed by atoms with Crippen LogP contribution in [-0.4, -0.2) is 12.2 Å². The molecule has 3 aromatic rings. The fraction of sp³-hybridized carbons (Fsp3) is 0.143. The standard InChI is InChI=1S/C21H22NOP/c1-16-9-8-10-17(15-22(2)18-11-4-3-5-12-18)21(16)24-20-14-7-6-13-19(20)23/h3-14,23-24H,15H2,1-2H3. The number of aromatic hydroxyl groups is 1. The second kappa shape index (κ2) is 7.51. The predicted molar refractivity (Wildman–Crippen MR) is 105 cm³/mol. The highest BCUT2D eigenvalue weighted by molar-refractivity contribution is 7.56. The van der Waals surface area contributed by atoms with Crippen LogP contribution in [0, 0.1) is 6.92 Å². The summed E-state index contributed by atoms with van der Waals surface area (Å²) in [7, 11) is 2.57. The Morgan fingerprint density at radius 1 is 0.875 bits per heavy atom. The zero-order valence-electron chi connectivity index (χ0n) is 14.0. The highest BCUT2D eigenvalue weighted by Gasteiger charge is 2.11. The van der Waals surface area contributed by atoms with E-state index in [4.69, 9.17) is 0 Å². The number of nitrogens with zero attached hydrogens (tertiary/aromatic N) is 1. The van der Waals surface area contributed by atoms with E-state index in [0.717, 1.165) is 11.8 Å². The van der Waals surface area contributed by atoms with Crippen molar-refractivity contribution in [2.75, 3.05) is 11.9 Å². The minimum Gasteiger partial charge on any atom is -0.507 e. The van der Waals surface area contributed by atoms with Gasteiger partial charge in [0.15, 0.2) is 0 Å². The fourth-order valence-corrected chi connectivity index (χ4v) is 4.05. The number of benzene rings is 3. The van der Waals surface area contributed by atoms with Gasteiger partial charge in [-0.25, -0.2) is 0 Å². The lowest BCUT2D eigenvalue weighted by Crippen LogP contribution is -2.22. The number of phenolic OH excluding ortho intramolecular Hbond substituents is 1. The monoisotopic (exact) mass is 335 g/mol. The van der Waals surface area contributed by atoms with E-state index in [1.807, 2.05) is 24.3 Å². The van der Waals surface area contributed by atoms with Gasteiger partial charge in [-0.15, -0.1) is 0 Å². The molecule has 3 aromatic carbocycles. The van der Waals surface area contributed by atoms with Crippen molar-refractivity contribution in [3.63, 3.8) is 0 Å². The van der Waals surface area contributed by atoms with Crippen molar-refractivity contribution in [1.29, 1.82) is 0 Å². The minimum atomic E-state index is 0.376. The molecule has 0 spiro atoms. The van der Waals surface area contributed by atoms with Crippen molar-refractivity contribution >= 4 is 24.9 Å². The number of anilines is 1. The molecule has 0 bridgehead atoms. The lowest BCUT2D eigenvalue weighted by atomic mass is 10.1. The number of rotatable bonds is 5. The molecule has 0 radical (unpaired) electrons. The van der Waals surface area contributed by atoms with E-state index >= 15 is 0 Å². The van der Waals surface area contributed by atoms with Crippen LogP contribution in [0.4, 0.5) is 5.69 Å². The molecular formula is C21H22NOP. The molecule has 3 heteroatoms. The smallest absolute Gasteiger partial charge is 0.123 e. The van der Waals surface area contributed by atoms with Crippen LogP contribution in [0.5, 0.6) is 5.75 Å². The highest BCUT2D eigenvalue weighted by Crippen LogP contribution is 2.23. The van der Waals surface area contributed by atoms with E-state index in [2.05, 4.69) is 61.3 Å². The summed E-state index contributed by atoms with van der Waals surface area (Å²) in [5, 5.41) is 12.4. The Labute approximate surface area is 145 Å². The molecule has 2 nitrogen and oxygen atoms in total. The summed E-state index contributed by atoms with van der Waals surface area (Å²) in [6.07, 6.45) is 0. The summed E-state index contributed by atoms with van der Waals surface area (Å²) in [5.74, 6) is 0.376. The Morgan fingerprint density at radius 2 is 1.58 bits per heavy atom. The number of phenols is 1. The van der Waals surface area contributed by atoms with Crippen LogP contribution in [0.2, 0.25) is 0 Å². The molecule has 0 saturated heterocycles. The summed E-state index contributed by atoms with van der Waals surface area (Å²) in [6, 6.07) is 24.5. The maximum atomic E-state index is 10.1. The number of hydrogen-bond donors (Lipinski definition) is 1. The van der Waals surface area contributed by atoms with Crippen LogP contribution in [0.25, 0.3) is 0 Å². The maximum absolute atomic E-state index is 10.1. The normalized spacial score (nSPS) is 11.1. The molecule has 1 N–H and O–H groups in total. The second-order valence-corrected chi connectivity index (χ2v) is 7.23. The van der Waals surface area contributed by atoms with Gasteiger partial charge >= 0.3 is 0 Å². The maximum Gasteiger partial charge on any atom is 0.123 e. The van der Waals surface area contributed by atoms with Crippen LogP contribution in [0.3, 0.4) is 0 Å². The molecule has 0 fully saturated rings. The lowest BCUT2D eigenvalue weighted by molar-refractivity contribution is 0.480. The largest absolute Gasteiger partial charge is 0.507 e. The van der Waals surface area contributed by atoms with Gasteiger partial charge in [0.25, 0.3) is 0 Å². The summed E-state index contributed by atoms with van der Waals surface area (Å²) >= 11 is 0. The van der Waals surface area contributed by atoms with Crippen molar-refractivity contribution in [1.82, 2.24) is 0 Å². The SMILES string of the molecule is Cc1cccc(CN(C)c2ccccc2)c1Pc1ccccc1O. The van der Waals surface area contributed by atoms with Crippen LogP contribution in [0.15, 0.2) is 72.8 Å². The first-order chi connectivity index (χ1) is 11.6. The van der Waals surface area contributed by atoms with Crippen molar-refractivity contribution in [3.8, 4) is 5.75 Å². The van der Waals surface area contributed by atoms with E-state index in [1.165, 1.54) is 22.1 Å². The number of aryl methyl sites for hydroxylation is 1. The molecule has 0 heterocycles. The number of para-hydroxylation sites is 2. The lowest BCUT2D eigenvalue weighted by Gasteiger charge is -2.22. The summed E-state index contributed by atoms with van der Waals surface area (Å²) in [4.78, 5) is 2.26. The Morgan fingerprint density at radius 3 is 2.33 bits per heavy atom. The van der Waals surface area contributed by atoms with Gasteiger partial charge in [-0.1, -0.05) is 63.2 Å². The van der Waals surface area contributed by atoms with Crippen LogP contribution >= 0.6 is 8.58 Å². The number of hydrogen-bond acceptors (Lipinski definition) is 2. The molecular weight excluding hydrogens is 313 g/mol. The molecule has 0 aliphatic rings. The first-order valence-electron chi connectivity index (χ1n) is 8.05. The summed E-state index contributed by atoms with van der Waals surface area (Å²) in [6.45, 7) is 3.00. The van der Waals surface area contributed by atoms with Gasteiger partial charge in [-0.05, 0) is 41.6 Å². The molecule has 0 aliphatic heterocycles. The van der Waals surface area contributed by atoms with E-state index < -0.39 is 0 Å². The van der Waals surface area contributed by atoms with Crippen molar-refractivity contribution in [3.05, 3.63) is 83.9 Å². The minimum absolute atomic E-state index is 0.376. The first kappa shape index (κ1) is 16.5. The average Bonchev–Trinajstić information content (AvgIpc) is 2.60. The molecule has 24 heavy (non-hydrogen) atoms. The van der Waals surface area contributed by atoms with Gasteiger partial charge in [0, 0.05) is 24.6 Å². The van der Waals surface area contributed by atoms with Gasteiger partial charge in [-0.3, -0.25) is 0 Å². The van der Waals surface area contributed by atoms with E-state index in [9.17, 15) is 5.11 Å². The van der Waals surface area contributed by atoms with Crippen LogP contribution < -0.4 is 15.5 Å². The first-order valence-corrected chi connectivity index (χ1v) is 9.05. The Hall–Kier alpha value is -2.31. The van der Waals surface area contributed by atoms with Gasteiger partial charge in [-0.2, -0.15) is 0 Å². The van der Waals surface area contributed by atoms with Crippen LogP contribution in [0.1, 0.15) is 11.1 Å². The Bertz CT molecular complexity index is 817. The topological polar surface area (TPSA) is 23.5 Å². The third-order valence-corrected chi connectivity index (χ3v) is 5.78. The molecule has 0 saturated carbocycles. The van der Waals surface area contributed by atoms with Crippen LogP contribution in [-0.2, 0) is 6.54 Å². The molecule has 0 aliphatic carbocycles. The van der Waals surface area contributed by atoms with Crippen molar-refractivity contribution in [2.45, 2.75) is 13.5 Å². The predicted octanol–water partition coefficient (Wildman–Crippen LogP) is 3.97. The van der Waals surface area contributed by atoms with E-state index in [1.54, 1.807) is 6.07 Å². The van der Waals surface area contributed by atoms with Crippen molar-refractivity contribution in [2.24, 2.45) is 0 Å². The van der Waals surface area contributed by atoms with Gasteiger partial charge in [0.1, 0.15) is 5.75 Å². The van der Waals surface area contributed by atoms with Crippen molar-refractivity contribution < 1.29 is 5.11 Å². The zero-order valence-corrected chi connectivity index (χ0v) is 15.0. The average molecular weight is 335 g/mol. The van der Waals surface area contributed by atoms with E-state index in [-0.39, 0.29) is 0 Å². The highest BCUT2D eigenvalue weighted by atomic mass is 31.1. The van der Waals surface area contributed by atoms with Gasteiger partial charge in [0.2, 0.25) is 0 Å². The van der Waals surface area contributed by atoms with Gasteiger partial charge < -0.3 is 10.0 Å². The molecule has 1 atom stereocenters. The second-order valence-electron chi connectivity index (χ2n) is 5.94. The van der Waals surface area contributed by atoms with Gasteiger partial charge in [0.05, 0.1) is 0 Å².